The Morgan fingerprint density at radius 1 is 1.33 bits per heavy atom. The number of hydrogen-bond donors (Lipinski definition) is 1. The Kier molecular flexibility index (Phi) is 5.09. The summed E-state index contributed by atoms with van der Waals surface area (Å²) in [5.74, 6) is -0.604. The predicted octanol–water partition coefficient (Wildman–Crippen LogP) is 4.50. The number of benzene rings is 1. The molecule has 3 nitrogen and oxygen atoms in total. The molecule has 0 aliphatic carbocycles. The third-order valence-corrected chi connectivity index (χ3v) is 4.56. The minimum Gasteiger partial charge on any atom is -0.299 e. The summed E-state index contributed by atoms with van der Waals surface area (Å²) in [6.45, 7) is 7.09. The van der Waals surface area contributed by atoms with Gasteiger partial charge in [0, 0.05) is 35.8 Å². The summed E-state index contributed by atoms with van der Waals surface area (Å²) in [5.41, 5.74) is 3.16. The van der Waals surface area contributed by atoms with Gasteiger partial charge in [-0.05, 0) is 51.4 Å². The summed E-state index contributed by atoms with van der Waals surface area (Å²) in [6, 6.07) is 3.55. The van der Waals surface area contributed by atoms with E-state index in [1.807, 2.05) is 0 Å². The SMILES string of the molecule is CC(C)=CCN1CCCC(c2[nH]ncc2-c2cc(F)ccc2F)C1. The lowest BCUT2D eigenvalue weighted by Gasteiger charge is -2.32. The Labute approximate surface area is 141 Å². The molecule has 1 saturated heterocycles. The zero-order valence-corrected chi connectivity index (χ0v) is 14.1. The first-order valence-corrected chi connectivity index (χ1v) is 8.39. The van der Waals surface area contributed by atoms with Gasteiger partial charge in [-0.25, -0.2) is 8.78 Å². The Morgan fingerprint density at radius 2 is 2.17 bits per heavy atom. The highest BCUT2D eigenvalue weighted by Crippen LogP contribution is 2.34. The number of nitrogens with zero attached hydrogens (tertiary/aromatic N) is 2. The summed E-state index contributed by atoms with van der Waals surface area (Å²) in [4.78, 5) is 2.40. The van der Waals surface area contributed by atoms with Crippen LogP contribution in [-0.4, -0.2) is 34.7 Å². The molecule has 0 bridgehead atoms. The van der Waals surface area contributed by atoms with Crippen molar-refractivity contribution in [2.24, 2.45) is 0 Å². The van der Waals surface area contributed by atoms with Crippen molar-refractivity contribution in [2.45, 2.75) is 32.6 Å². The van der Waals surface area contributed by atoms with Crippen LogP contribution in [-0.2, 0) is 0 Å². The molecule has 1 aromatic carbocycles. The normalized spacial score (nSPS) is 18.6. The van der Waals surface area contributed by atoms with E-state index in [2.05, 4.69) is 35.0 Å². The summed E-state index contributed by atoms with van der Waals surface area (Å²) < 4.78 is 27.7. The van der Waals surface area contributed by atoms with E-state index in [1.165, 1.54) is 17.7 Å². The molecule has 2 heterocycles. The van der Waals surface area contributed by atoms with Crippen LogP contribution in [0, 0.1) is 11.6 Å². The maximum Gasteiger partial charge on any atom is 0.131 e. The van der Waals surface area contributed by atoms with E-state index < -0.39 is 11.6 Å². The van der Waals surface area contributed by atoms with E-state index in [1.54, 1.807) is 6.20 Å². The van der Waals surface area contributed by atoms with Crippen LogP contribution in [0.3, 0.4) is 0 Å². The zero-order chi connectivity index (χ0) is 17.1. The van der Waals surface area contributed by atoms with E-state index >= 15 is 0 Å². The van der Waals surface area contributed by atoms with Crippen molar-refractivity contribution in [2.75, 3.05) is 19.6 Å². The number of halogens is 2. The van der Waals surface area contributed by atoms with Crippen LogP contribution in [0.4, 0.5) is 8.78 Å². The highest BCUT2D eigenvalue weighted by atomic mass is 19.1. The van der Waals surface area contributed by atoms with Gasteiger partial charge in [-0.1, -0.05) is 11.6 Å². The van der Waals surface area contributed by atoms with Gasteiger partial charge in [-0.2, -0.15) is 5.10 Å². The maximum absolute atomic E-state index is 14.1. The Balaban J connectivity index is 1.84. The molecule has 1 N–H and O–H groups in total. The highest BCUT2D eigenvalue weighted by Gasteiger charge is 2.25. The van der Waals surface area contributed by atoms with E-state index in [0.29, 0.717) is 5.56 Å². The van der Waals surface area contributed by atoms with Crippen LogP contribution in [0.2, 0.25) is 0 Å². The summed E-state index contributed by atoms with van der Waals surface area (Å²) in [7, 11) is 0. The summed E-state index contributed by atoms with van der Waals surface area (Å²) in [6.07, 6.45) is 5.94. The molecule has 3 rings (SSSR count). The molecule has 0 spiro atoms. The van der Waals surface area contributed by atoms with Crippen molar-refractivity contribution >= 4 is 0 Å². The number of nitrogens with one attached hydrogen (secondary N) is 1. The van der Waals surface area contributed by atoms with Crippen LogP contribution in [0.15, 0.2) is 36.0 Å². The fourth-order valence-electron chi connectivity index (χ4n) is 3.29. The van der Waals surface area contributed by atoms with Gasteiger partial charge in [-0.3, -0.25) is 10.00 Å². The van der Waals surface area contributed by atoms with Crippen LogP contribution in [0.5, 0.6) is 0 Å². The Bertz CT molecular complexity index is 732. The molecule has 128 valence electrons. The van der Waals surface area contributed by atoms with E-state index in [0.717, 1.165) is 44.2 Å². The van der Waals surface area contributed by atoms with Gasteiger partial charge >= 0.3 is 0 Å². The van der Waals surface area contributed by atoms with Gasteiger partial charge in [0.2, 0.25) is 0 Å². The van der Waals surface area contributed by atoms with Gasteiger partial charge in [0.1, 0.15) is 11.6 Å². The Hall–Kier alpha value is -2.01. The molecule has 0 amide bonds. The van der Waals surface area contributed by atoms with E-state index in [4.69, 9.17) is 0 Å². The molecule has 0 saturated carbocycles. The summed E-state index contributed by atoms with van der Waals surface area (Å²) in [5, 5.41) is 7.12. The minimum atomic E-state index is -0.438. The second-order valence-corrected chi connectivity index (χ2v) is 6.70. The largest absolute Gasteiger partial charge is 0.299 e. The zero-order valence-electron chi connectivity index (χ0n) is 14.1. The number of likely N-dealkylation sites (tertiary alicyclic amines) is 1. The third-order valence-electron chi connectivity index (χ3n) is 4.56. The molecule has 1 aliphatic heterocycles. The molecule has 1 fully saturated rings. The molecule has 24 heavy (non-hydrogen) atoms. The number of hydrogen-bond acceptors (Lipinski definition) is 2. The van der Waals surface area contributed by atoms with Gasteiger partial charge in [0.25, 0.3) is 0 Å². The summed E-state index contributed by atoms with van der Waals surface area (Å²) >= 11 is 0. The second kappa shape index (κ2) is 7.26. The number of H-pyrrole nitrogens is 1. The molecular formula is C19H23F2N3. The lowest BCUT2D eigenvalue weighted by Crippen LogP contribution is -2.34. The third kappa shape index (κ3) is 3.73. The Morgan fingerprint density at radius 3 is 2.96 bits per heavy atom. The van der Waals surface area contributed by atoms with Crippen LogP contribution in [0.25, 0.3) is 11.1 Å². The van der Waals surface area contributed by atoms with Crippen molar-refractivity contribution in [1.29, 1.82) is 0 Å². The molecule has 1 aliphatic rings. The first kappa shape index (κ1) is 16.8. The average Bonchev–Trinajstić information content (AvgIpc) is 3.05. The average molecular weight is 331 g/mol. The number of rotatable bonds is 4. The first-order chi connectivity index (χ1) is 11.5. The van der Waals surface area contributed by atoms with E-state index in [9.17, 15) is 8.78 Å². The smallest absolute Gasteiger partial charge is 0.131 e. The highest BCUT2D eigenvalue weighted by molar-refractivity contribution is 5.66. The van der Waals surface area contributed by atoms with Crippen molar-refractivity contribution in [3.05, 3.63) is 53.4 Å². The topological polar surface area (TPSA) is 31.9 Å². The van der Waals surface area contributed by atoms with Crippen LogP contribution in [0.1, 0.15) is 38.3 Å². The van der Waals surface area contributed by atoms with Crippen LogP contribution >= 0.6 is 0 Å². The quantitative estimate of drug-likeness (QED) is 0.837. The molecule has 2 aromatic rings. The number of piperidine rings is 1. The van der Waals surface area contributed by atoms with Gasteiger partial charge in [-0.15, -0.1) is 0 Å². The van der Waals surface area contributed by atoms with Crippen molar-refractivity contribution in [3.63, 3.8) is 0 Å². The molecule has 5 heteroatoms. The lowest BCUT2D eigenvalue weighted by atomic mass is 9.90. The number of aromatic amines is 1. The monoisotopic (exact) mass is 331 g/mol. The second-order valence-electron chi connectivity index (χ2n) is 6.70. The standard InChI is InChI=1S/C19H23F2N3/c1-13(2)7-9-24-8-3-4-14(12-24)19-17(11-22-23-19)16-10-15(20)5-6-18(16)21/h5-7,10-11,14H,3-4,8-9,12H2,1-2H3,(H,22,23). The van der Waals surface area contributed by atoms with Gasteiger partial charge in [0.05, 0.1) is 6.20 Å². The molecule has 1 aromatic heterocycles. The fraction of sp³-hybridized carbons (Fsp3) is 0.421. The molecule has 0 radical (unpaired) electrons. The molecule has 1 unspecified atom stereocenters. The predicted molar refractivity (Wildman–Crippen MR) is 91.8 cm³/mol. The number of allylic oxidation sites excluding steroid dienone is 1. The molecule has 1 atom stereocenters. The number of aromatic nitrogens is 2. The van der Waals surface area contributed by atoms with Crippen molar-refractivity contribution < 1.29 is 8.78 Å². The van der Waals surface area contributed by atoms with E-state index in [-0.39, 0.29) is 11.5 Å². The lowest BCUT2D eigenvalue weighted by molar-refractivity contribution is 0.226. The van der Waals surface area contributed by atoms with Crippen molar-refractivity contribution in [1.82, 2.24) is 15.1 Å². The van der Waals surface area contributed by atoms with Crippen molar-refractivity contribution in [3.8, 4) is 11.1 Å². The first-order valence-electron chi connectivity index (χ1n) is 8.39. The van der Waals surface area contributed by atoms with Crippen LogP contribution < -0.4 is 0 Å². The van der Waals surface area contributed by atoms with Gasteiger partial charge < -0.3 is 0 Å². The maximum atomic E-state index is 14.1. The van der Waals surface area contributed by atoms with Gasteiger partial charge in [0.15, 0.2) is 0 Å². The fourth-order valence-corrected chi connectivity index (χ4v) is 3.29. The minimum absolute atomic E-state index is 0.254. The molecular weight excluding hydrogens is 308 g/mol.